The number of nitrogens with zero attached hydrogens (tertiary/aromatic N) is 2. The Kier molecular flexibility index (Phi) is 6.85. The van der Waals surface area contributed by atoms with Gasteiger partial charge in [-0.2, -0.15) is 0 Å². The normalized spacial score (nSPS) is 12.9. The average Bonchev–Trinajstić information content (AvgIpc) is 2.74. The van der Waals surface area contributed by atoms with Crippen LogP contribution in [-0.4, -0.2) is 27.5 Å². The van der Waals surface area contributed by atoms with Crippen molar-refractivity contribution in [3.05, 3.63) is 64.3 Å². The molecule has 0 radical (unpaired) electrons. The summed E-state index contributed by atoms with van der Waals surface area (Å²) < 4.78 is 58.1. The predicted molar refractivity (Wildman–Crippen MR) is 119 cm³/mol. The molecule has 0 aliphatic heterocycles. The molecule has 2 aromatic carbocycles. The highest BCUT2D eigenvalue weighted by molar-refractivity contribution is 5.92. The Morgan fingerprint density at radius 1 is 1.21 bits per heavy atom. The van der Waals surface area contributed by atoms with E-state index in [0.29, 0.717) is 12.0 Å². The summed E-state index contributed by atoms with van der Waals surface area (Å²) in [6.45, 7) is 7.11. The average molecular weight is 480 g/mol. The highest BCUT2D eigenvalue weighted by atomic mass is 19.4. The standard InChI is InChI=1S/C23H24F4N4O3/c1-5-22(3,4)30-21(33)29-16-9-10-17-20(19(16)24)28-12-18(32)31(17)13(2)14-7-6-8-15(11-14)34-23(25,26)27/h6-13H,5H2,1-4H3,(H2,29,30,33)/t13-/m0/s1. The summed E-state index contributed by atoms with van der Waals surface area (Å²) in [5.41, 5.74) is -0.954. The first-order chi connectivity index (χ1) is 15.8. The summed E-state index contributed by atoms with van der Waals surface area (Å²) in [7, 11) is 0. The fourth-order valence-electron chi connectivity index (χ4n) is 3.34. The number of ether oxygens (including phenoxy) is 1. The number of alkyl halides is 3. The minimum Gasteiger partial charge on any atom is -0.406 e. The van der Waals surface area contributed by atoms with Crippen LogP contribution in [0.3, 0.4) is 0 Å². The van der Waals surface area contributed by atoms with Gasteiger partial charge in [-0.1, -0.05) is 19.1 Å². The molecule has 1 aromatic heterocycles. The summed E-state index contributed by atoms with van der Waals surface area (Å²) in [4.78, 5) is 28.8. The summed E-state index contributed by atoms with van der Waals surface area (Å²) in [6, 6.07) is 6.51. The maximum atomic E-state index is 15.2. The van der Waals surface area contributed by atoms with Crippen LogP contribution in [0.25, 0.3) is 11.0 Å². The van der Waals surface area contributed by atoms with Gasteiger partial charge in [0, 0.05) is 5.54 Å². The van der Waals surface area contributed by atoms with E-state index in [4.69, 9.17) is 0 Å². The highest BCUT2D eigenvalue weighted by Gasteiger charge is 2.31. The quantitative estimate of drug-likeness (QED) is 0.466. The van der Waals surface area contributed by atoms with E-state index in [-0.39, 0.29) is 16.7 Å². The maximum absolute atomic E-state index is 15.2. The molecule has 11 heteroatoms. The highest BCUT2D eigenvalue weighted by Crippen LogP contribution is 2.29. The molecule has 7 nitrogen and oxygen atoms in total. The Morgan fingerprint density at radius 3 is 2.56 bits per heavy atom. The third-order valence-electron chi connectivity index (χ3n) is 5.44. The van der Waals surface area contributed by atoms with E-state index in [1.165, 1.54) is 28.8 Å². The summed E-state index contributed by atoms with van der Waals surface area (Å²) in [6.07, 6.45) is -3.29. The van der Waals surface area contributed by atoms with E-state index < -0.39 is 41.1 Å². The Labute approximate surface area is 192 Å². The largest absolute Gasteiger partial charge is 0.573 e. The van der Waals surface area contributed by atoms with Crippen molar-refractivity contribution in [3.8, 4) is 5.75 Å². The lowest BCUT2D eigenvalue weighted by Crippen LogP contribution is -2.45. The van der Waals surface area contributed by atoms with Crippen molar-refractivity contribution < 1.29 is 27.1 Å². The number of nitrogens with one attached hydrogen (secondary N) is 2. The lowest BCUT2D eigenvalue weighted by molar-refractivity contribution is -0.274. The number of carbonyl (C=O) groups is 1. The molecule has 2 amide bonds. The zero-order chi connectivity index (χ0) is 25.3. The van der Waals surface area contributed by atoms with E-state index in [1.807, 2.05) is 20.8 Å². The number of anilines is 1. The molecule has 34 heavy (non-hydrogen) atoms. The molecule has 0 unspecified atom stereocenters. The first-order valence-electron chi connectivity index (χ1n) is 10.5. The number of aromatic nitrogens is 2. The van der Waals surface area contributed by atoms with Gasteiger partial charge in [0.05, 0.1) is 23.4 Å². The monoisotopic (exact) mass is 480 g/mol. The molecule has 1 atom stereocenters. The van der Waals surface area contributed by atoms with Crippen molar-refractivity contribution in [1.29, 1.82) is 0 Å². The molecule has 0 fully saturated rings. The predicted octanol–water partition coefficient (Wildman–Crippen LogP) is 5.35. The van der Waals surface area contributed by atoms with Crippen molar-refractivity contribution >= 4 is 22.8 Å². The molecule has 1 heterocycles. The van der Waals surface area contributed by atoms with Crippen LogP contribution in [0, 0.1) is 5.82 Å². The van der Waals surface area contributed by atoms with Gasteiger partial charge in [-0.15, -0.1) is 13.2 Å². The molecular formula is C23H24F4N4O3. The van der Waals surface area contributed by atoms with Crippen LogP contribution >= 0.6 is 0 Å². The Hall–Kier alpha value is -3.63. The Morgan fingerprint density at radius 2 is 1.91 bits per heavy atom. The molecule has 0 saturated heterocycles. The van der Waals surface area contributed by atoms with Gasteiger partial charge in [-0.3, -0.25) is 9.36 Å². The second kappa shape index (κ2) is 9.32. The van der Waals surface area contributed by atoms with Crippen molar-refractivity contribution in [2.24, 2.45) is 0 Å². The van der Waals surface area contributed by atoms with Crippen molar-refractivity contribution in [3.63, 3.8) is 0 Å². The lowest BCUT2D eigenvalue weighted by atomic mass is 10.0. The minimum absolute atomic E-state index is 0.111. The molecule has 0 saturated carbocycles. The maximum Gasteiger partial charge on any atom is 0.573 e. The van der Waals surface area contributed by atoms with E-state index >= 15 is 4.39 Å². The van der Waals surface area contributed by atoms with Crippen molar-refractivity contribution in [2.45, 2.75) is 52.1 Å². The van der Waals surface area contributed by atoms with E-state index in [0.717, 1.165) is 18.3 Å². The van der Waals surface area contributed by atoms with E-state index in [9.17, 15) is 22.8 Å². The van der Waals surface area contributed by atoms with E-state index in [2.05, 4.69) is 20.4 Å². The minimum atomic E-state index is -4.87. The first kappa shape index (κ1) is 25.0. The van der Waals surface area contributed by atoms with Crippen molar-refractivity contribution in [1.82, 2.24) is 14.9 Å². The smallest absolute Gasteiger partial charge is 0.406 e. The van der Waals surface area contributed by atoms with Crippen LogP contribution in [-0.2, 0) is 0 Å². The van der Waals surface area contributed by atoms with Gasteiger partial charge in [0.15, 0.2) is 5.82 Å². The Balaban J connectivity index is 1.99. The number of fused-ring (bicyclic) bond motifs is 1. The molecule has 0 spiro atoms. The third kappa shape index (κ3) is 5.64. The summed E-state index contributed by atoms with van der Waals surface area (Å²) in [5.74, 6) is -1.29. The van der Waals surface area contributed by atoms with Gasteiger partial charge >= 0.3 is 12.4 Å². The van der Waals surface area contributed by atoms with Gasteiger partial charge in [0.1, 0.15) is 11.3 Å². The van der Waals surface area contributed by atoms with Gasteiger partial charge < -0.3 is 15.4 Å². The molecule has 3 aromatic rings. The van der Waals surface area contributed by atoms with Gasteiger partial charge in [-0.25, -0.2) is 14.2 Å². The topological polar surface area (TPSA) is 85.3 Å². The fourth-order valence-corrected chi connectivity index (χ4v) is 3.34. The number of hydrogen-bond donors (Lipinski definition) is 2. The molecule has 3 rings (SSSR count). The molecule has 182 valence electrons. The van der Waals surface area contributed by atoms with Gasteiger partial charge in [0.25, 0.3) is 5.56 Å². The van der Waals surface area contributed by atoms with Crippen LogP contribution in [0.15, 0.2) is 47.4 Å². The zero-order valence-electron chi connectivity index (χ0n) is 19.0. The van der Waals surface area contributed by atoms with E-state index in [1.54, 1.807) is 6.92 Å². The number of benzene rings is 2. The van der Waals surface area contributed by atoms with Crippen LogP contribution in [0.4, 0.5) is 28.0 Å². The Bertz CT molecular complexity index is 1270. The fraction of sp³-hybridized carbons (Fsp3) is 0.348. The first-order valence-corrected chi connectivity index (χ1v) is 10.5. The lowest BCUT2D eigenvalue weighted by Gasteiger charge is -2.24. The van der Waals surface area contributed by atoms with Crippen molar-refractivity contribution in [2.75, 3.05) is 5.32 Å². The SMILES string of the molecule is CCC(C)(C)NC(=O)Nc1ccc2c(ncc(=O)n2[C@@H](C)c2cccc(OC(F)(F)F)c2)c1F. The molecule has 0 aliphatic rings. The van der Waals surface area contributed by atoms with Crippen LogP contribution in [0.5, 0.6) is 5.75 Å². The third-order valence-corrected chi connectivity index (χ3v) is 5.44. The summed E-state index contributed by atoms with van der Waals surface area (Å²) >= 11 is 0. The molecular weight excluding hydrogens is 456 g/mol. The number of rotatable bonds is 6. The molecule has 2 N–H and O–H groups in total. The number of urea groups is 1. The number of halogens is 4. The zero-order valence-corrected chi connectivity index (χ0v) is 19.0. The number of hydrogen-bond acceptors (Lipinski definition) is 4. The number of carbonyl (C=O) groups excluding carboxylic acids is 1. The second-order valence-corrected chi connectivity index (χ2v) is 8.37. The summed E-state index contributed by atoms with van der Waals surface area (Å²) in [5, 5.41) is 5.17. The van der Waals surface area contributed by atoms with Gasteiger partial charge in [0.2, 0.25) is 0 Å². The second-order valence-electron chi connectivity index (χ2n) is 8.37. The van der Waals surface area contributed by atoms with Crippen LogP contribution in [0.1, 0.15) is 45.7 Å². The van der Waals surface area contributed by atoms with Crippen LogP contribution < -0.4 is 20.9 Å². The van der Waals surface area contributed by atoms with Gasteiger partial charge in [-0.05, 0) is 57.0 Å². The molecule has 0 aliphatic carbocycles. The van der Waals surface area contributed by atoms with Crippen LogP contribution in [0.2, 0.25) is 0 Å². The number of amides is 2. The molecule has 0 bridgehead atoms.